The molecule has 13 heteroatoms. The summed E-state index contributed by atoms with van der Waals surface area (Å²) in [5.41, 5.74) is -2.02. The quantitative estimate of drug-likeness (QED) is 0.579. The van der Waals surface area contributed by atoms with Gasteiger partial charge in [-0.3, -0.25) is 14.6 Å². The molecule has 2 aromatic heterocycles. The SMILES string of the molecule is CC1(C)CN(c2cc(Oc3c(Cl)cc(-n4nc(C#N)c(=O)[nH]c4=O)cc3Cl)n[nH]c2=O)C1. The summed E-state index contributed by atoms with van der Waals surface area (Å²) in [4.78, 5) is 39.7. The zero-order chi connectivity index (χ0) is 23.2. The smallest absolute Gasteiger partial charge is 0.349 e. The van der Waals surface area contributed by atoms with Gasteiger partial charge in [-0.1, -0.05) is 37.0 Å². The predicted molar refractivity (Wildman–Crippen MR) is 116 cm³/mol. The molecule has 1 aromatic carbocycles. The summed E-state index contributed by atoms with van der Waals surface area (Å²) >= 11 is 12.6. The van der Waals surface area contributed by atoms with E-state index in [1.807, 2.05) is 9.88 Å². The lowest BCUT2D eigenvalue weighted by molar-refractivity contribution is 0.275. The van der Waals surface area contributed by atoms with Crippen LogP contribution in [-0.4, -0.2) is 38.1 Å². The van der Waals surface area contributed by atoms with Gasteiger partial charge in [0, 0.05) is 19.2 Å². The van der Waals surface area contributed by atoms with E-state index in [2.05, 4.69) is 29.1 Å². The van der Waals surface area contributed by atoms with Crippen LogP contribution in [0.15, 0.2) is 32.6 Å². The lowest BCUT2D eigenvalue weighted by atomic mass is 9.84. The Kier molecular flexibility index (Phi) is 5.28. The number of nitrogens with one attached hydrogen (secondary N) is 2. The second-order valence-electron chi connectivity index (χ2n) is 7.91. The summed E-state index contributed by atoms with van der Waals surface area (Å²) in [6.45, 7) is 5.61. The fourth-order valence-electron chi connectivity index (χ4n) is 3.34. The van der Waals surface area contributed by atoms with Crippen LogP contribution in [-0.2, 0) is 0 Å². The number of rotatable bonds is 4. The molecular weight excluding hydrogens is 461 g/mol. The van der Waals surface area contributed by atoms with Gasteiger partial charge >= 0.3 is 5.69 Å². The van der Waals surface area contributed by atoms with Crippen LogP contribution in [0.2, 0.25) is 10.0 Å². The highest BCUT2D eigenvalue weighted by molar-refractivity contribution is 6.37. The molecule has 1 saturated heterocycles. The first-order valence-electron chi connectivity index (χ1n) is 9.24. The Morgan fingerprint density at radius 2 is 1.78 bits per heavy atom. The number of nitrogens with zero attached hydrogens (tertiary/aromatic N) is 5. The molecular formula is C19H15Cl2N7O4. The summed E-state index contributed by atoms with van der Waals surface area (Å²) in [6.07, 6.45) is 0. The number of anilines is 1. The topological polar surface area (TPSA) is 150 Å². The van der Waals surface area contributed by atoms with Crippen LogP contribution in [0, 0.1) is 16.7 Å². The van der Waals surface area contributed by atoms with E-state index in [9.17, 15) is 14.4 Å². The minimum absolute atomic E-state index is 0.00513. The second-order valence-corrected chi connectivity index (χ2v) is 8.73. The molecule has 1 aliphatic rings. The third kappa shape index (κ3) is 3.98. The molecule has 32 heavy (non-hydrogen) atoms. The molecule has 0 radical (unpaired) electrons. The Morgan fingerprint density at radius 3 is 2.38 bits per heavy atom. The van der Waals surface area contributed by atoms with E-state index in [0.717, 1.165) is 4.68 Å². The van der Waals surface area contributed by atoms with Crippen LogP contribution in [0.3, 0.4) is 0 Å². The van der Waals surface area contributed by atoms with Crippen molar-refractivity contribution >= 4 is 28.9 Å². The van der Waals surface area contributed by atoms with Crippen molar-refractivity contribution in [2.45, 2.75) is 13.8 Å². The molecule has 1 aliphatic heterocycles. The first-order chi connectivity index (χ1) is 15.1. The lowest BCUT2D eigenvalue weighted by Crippen LogP contribution is -2.54. The lowest BCUT2D eigenvalue weighted by Gasteiger charge is -2.46. The molecule has 3 heterocycles. The highest BCUT2D eigenvalue weighted by Gasteiger charge is 2.35. The number of aromatic nitrogens is 5. The maximum Gasteiger partial charge on any atom is 0.349 e. The summed E-state index contributed by atoms with van der Waals surface area (Å²) in [6, 6.07) is 5.72. The van der Waals surface area contributed by atoms with Crippen molar-refractivity contribution in [3.05, 3.63) is 65.1 Å². The predicted octanol–water partition coefficient (Wildman–Crippen LogP) is 1.82. The highest BCUT2D eigenvalue weighted by Crippen LogP contribution is 2.38. The Balaban J connectivity index is 1.68. The fourth-order valence-corrected chi connectivity index (χ4v) is 3.89. The van der Waals surface area contributed by atoms with Crippen LogP contribution >= 0.6 is 23.2 Å². The zero-order valence-corrected chi connectivity index (χ0v) is 18.3. The zero-order valence-electron chi connectivity index (χ0n) is 16.8. The number of nitriles is 1. The van der Waals surface area contributed by atoms with E-state index < -0.39 is 16.9 Å². The van der Waals surface area contributed by atoms with Gasteiger partial charge in [0.05, 0.1) is 15.7 Å². The minimum Gasteiger partial charge on any atom is -0.434 e. The van der Waals surface area contributed by atoms with Crippen molar-refractivity contribution in [2.24, 2.45) is 5.41 Å². The average molecular weight is 476 g/mol. The van der Waals surface area contributed by atoms with E-state index >= 15 is 0 Å². The monoisotopic (exact) mass is 475 g/mol. The van der Waals surface area contributed by atoms with Gasteiger partial charge in [0.2, 0.25) is 11.6 Å². The van der Waals surface area contributed by atoms with Gasteiger partial charge in [-0.15, -0.1) is 10.2 Å². The number of aromatic amines is 2. The second kappa shape index (κ2) is 7.81. The van der Waals surface area contributed by atoms with Gasteiger partial charge in [-0.05, 0) is 17.5 Å². The van der Waals surface area contributed by atoms with Crippen LogP contribution in [0.4, 0.5) is 5.69 Å². The number of benzene rings is 1. The number of ether oxygens (including phenoxy) is 1. The third-order valence-corrected chi connectivity index (χ3v) is 5.27. The maximum absolute atomic E-state index is 12.2. The number of hydrogen-bond donors (Lipinski definition) is 2. The first-order valence-corrected chi connectivity index (χ1v) is 9.99. The largest absolute Gasteiger partial charge is 0.434 e. The molecule has 164 valence electrons. The van der Waals surface area contributed by atoms with E-state index in [4.69, 9.17) is 33.2 Å². The Hall–Kier alpha value is -3.62. The van der Waals surface area contributed by atoms with E-state index in [1.54, 1.807) is 6.07 Å². The van der Waals surface area contributed by atoms with Crippen LogP contribution < -0.4 is 26.4 Å². The van der Waals surface area contributed by atoms with Gasteiger partial charge in [-0.25, -0.2) is 9.89 Å². The van der Waals surface area contributed by atoms with Gasteiger partial charge in [0.25, 0.3) is 11.1 Å². The minimum atomic E-state index is -0.906. The van der Waals surface area contributed by atoms with E-state index in [0.29, 0.717) is 18.8 Å². The van der Waals surface area contributed by atoms with Crippen molar-refractivity contribution in [1.29, 1.82) is 5.26 Å². The number of H-pyrrole nitrogens is 2. The number of hydrogen-bond acceptors (Lipinski definition) is 8. The standard InChI is InChI=1S/C19H15Cl2N7O4/c1-19(2)7-27(8-19)13-5-14(24-25-17(13)30)32-15-10(20)3-9(4-11(15)21)28-18(31)23-16(29)12(6-22)26-28/h3-5H,7-8H2,1-2H3,(H,25,30)(H,23,29,31). The molecule has 11 nitrogen and oxygen atoms in total. The molecule has 4 rings (SSSR count). The van der Waals surface area contributed by atoms with Gasteiger partial charge < -0.3 is 9.64 Å². The van der Waals surface area contributed by atoms with Crippen molar-refractivity contribution in [1.82, 2.24) is 25.0 Å². The molecule has 0 saturated carbocycles. The van der Waals surface area contributed by atoms with Crippen molar-refractivity contribution in [3.8, 4) is 23.4 Å². The molecule has 0 atom stereocenters. The van der Waals surface area contributed by atoms with E-state index in [-0.39, 0.29) is 38.3 Å². The molecule has 0 bridgehead atoms. The van der Waals surface area contributed by atoms with Crippen molar-refractivity contribution < 1.29 is 4.74 Å². The summed E-state index contributed by atoms with van der Waals surface area (Å²) in [5.74, 6) is 0.0939. The Bertz CT molecular complexity index is 1420. The molecule has 2 N–H and O–H groups in total. The molecule has 0 aliphatic carbocycles. The summed E-state index contributed by atoms with van der Waals surface area (Å²) in [5, 5.41) is 19.0. The molecule has 0 spiro atoms. The normalized spacial score (nSPS) is 14.5. The van der Waals surface area contributed by atoms with Crippen LogP contribution in [0.25, 0.3) is 5.69 Å². The summed E-state index contributed by atoms with van der Waals surface area (Å²) in [7, 11) is 0. The highest BCUT2D eigenvalue weighted by atomic mass is 35.5. The Labute approximate surface area is 189 Å². The van der Waals surface area contributed by atoms with Crippen molar-refractivity contribution in [2.75, 3.05) is 18.0 Å². The van der Waals surface area contributed by atoms with Crippen LogP contribution in [0.5, 0.6) is 11.6 Å². The molecule has 3 aromatic rings. The average Bonchev–Trinajstić information content (AvgIpc) is 2.70. The fraction of sp³-hybridized carbons (Fsp3) is 0.263. The first kappa shape index (κ1) is 21.6. The maximum atomic E-state index is 12.2. The van der Waals surface area contributed by atoms with Crippen molar-refractivity contribution in [3.63, 3.8) is 0 Å². The summed E-state index contributed by atoms with van der Waals surface area (Å²) < 4.78 is 6.48. The van der Waals surface area contributed by atoms with E-state index in [1.165, 1.54) is 18.2 Å². The molecule has 0 amide bonds. The third-order valence-electron chi connectivity index (χ3n) is 4.71. The molecule has 0 unspecified atom stereocenters. The van der Waals surface area contributed by atoms with Gasteiger partial charge in [0.1, 0.15) is 11.8 Å². The van der Waals surface area contributed by atoms with Gasteiger partial charge in [-0.2, -0.15) is 9.94 Å². The Morgan fingerprint density at radius 1 is 1.12 bits per heavy atom. The number of halogens is 2. The van der Waals surface area contributed by atoms with Crippen LogP contribution in [0.1, 0.15) is 19.5 Å². The molecule has 1 fully saturated rings. The van der Waals surface area contributed by atoms with Gasteiger partial charge in [0.15, 0.2) is 5.75 Å².